The molecule has 0 aliphatic carbocycles. The van der Waals surface area contributed by atoms with Crippen LogP contribution in [0.5, 0.6) is 0 Å². The van der Waals surface area contributed by atoms with Crippen LogP contribution in [0.2, 0.25) is 0 Å². The first kappa shape index (κ1) is 27.8. The van der Waals surface area contributed by atoms with E-state index in [1.54, 1.807) is 28.8 Å². The largest absolute Gasteiger partial charge is 0.348 e. The van der Waals surface area contributed by atoms with E-state index >= 15 is 0 Å². The number of hydrogen-bond acceptors (Lipinski definition) is 8. The lowest BCUT2D eigenvalue weighted by atomic mass is 9.82. The molecule has 1 N–H and O–H groups in total. The van der Waals surface area contributed by atoms with E-state index in [2.05, 4.69) is 45.1 Å². The number of tetrazole rings is 1. The van der Waals surface area contributed by atoms with Crippen LogP contribution in [-0.4, -0.2) is 68.3 Å². The number of carbonyl (C=O) groups excluding carboxylic acids is 2. The van der Waals surface area contributed by atoms with E-state index in [0.717, 1.165) is 28.0 Å². The van der Waals surface area contributed by atoms with Crippen molar-refractivity contribution in [2.45, 2.75) is 30.0 Å². The molecule has 0 radical (unpaired) electrons. The van der Waals surface area contributed by atoms with Crippen molar-refractivity contribution in [2.75, 3.05) is 19.5 Å². The predicted molar refractivity (Wildman–Crippen MR) is 156 cm³/mol. The highest BCUT2D eigenvalue weighted by Crippen LogP contribution is 2.47. The monoisotopic (exact) mass is 582 g/mol. The number of nitrogens with zero attached hydrogens (tertiary/aromatic N) is 5. The van der Waals surface area contributed by atoms with Crippen LogP contribution in [0.1, 0.15) is 33.0 Å². The Hall–Kier alpha value is -4.32. The minimum absolute atomic E-state index is 0.226. The fourth-order valence-electron chi connectivity index (χ4n) is 5.41. The Morgan fingerprint density at radius 1 is 1.07 bits per heavy atom. The van der Waals surface area contributed by atoms with Gasteiger partial charge in [0, 0.05) is 37.1 Å². The van der Waals surface area contributed by atoms with E-state index in [1.165, 1.54) is 18.9 Å². The number of ether oxygens (including phenoxy) is 2. The molecule has 1 saturated heterocycles. The van der Waals surface area contributed by atoms with Gasteiger partial charge in [-0.3, -0.25) is 14.5 Å². The number of amides is 2. The summed E-state index contributed by atoms with van der Waals surface area (Å²) in [4.78, 5) is 29.1. The second-order valence-electron chi connectivity index (χ2n) is 10.2. The number of rotatable bonds is 9. The predicted octanol–water partition coefficient (Wildman–Crippen LogP) is 3.67. The maximum absolute atomic E-state index is 14.2. The second-order valence-corrected chi connectivity index (χ2v) is 11.2. The van der Waals surface area contributed by atoms with Crippen LogP contribution in [-0.2, 0) is 21.3 Å². The summed E-state index contributed by atoms with van der Waals surface area (Å²) in [5.74, 6) is -0.604. The molecular weight excluding hydrogens is 552 g/mol. The van der Waals surface area contributed by atoms with Gasteiger partial charge in [-0.2, -0.15) is 0 Å². The fourth-order valence-corrected chi connectivity index (χ4v) is 6.26. The van der Waals surface area contributed by atoms with E-state index in [1.807, 2.05) is 55.5 Å². The lowest BCUT2D eigenvalue weighted by Gasteiger charge is -2.57. The first-order chi connectivity index (χ1) is 20.4. The van der Waals surface area contributed by atoms with Gasteiger partial charge < -0.3 is 14.8 Å². The summed E-state index contributed by atoms with van der Waals surface area (Å²) < 4.78 is 13.7. The number of methoxy groups -OCH3 is 1. The Morgan fingerprint density at radius 2 is 1.71 bits per heavy atom. The third kappa shape index (κ3) is 4.89. The third-order valence-corrected chi connectivity index (χ3v) is 8.68. The van der Waals surface area contributed by atoms with Gasteiger partial charge in [0.25, 0.3) is 17.5 Å². The molecule has 2 atom stereocenters. The molecule has 0 saturated carbocycles. The lowest BCUT2D eigenvalue weighted by Crippen LogP contribution is -2.82. The summed E-state index contributed by atoms with van der Waals surface area (Å²) in [5, 5.41) is 15.3. The molecule has 2 aliphatic heterocycles. The van der Waals surface area contributed by atoms with Gasteiger partial charge in [-0.15, -0.1) is 5.10 Å². The number of benzene rings is 3. The number of β-lactam (4-membered cyclic amide) rings is 1. The highest BCUT2D eigenvalue weighted by atomic mass is 32.2. The molecule has 0 spiro atoms. The minimum Gasteiger partial charge on any atom is -0.348 e. The first-order valence-corrected chi connectivity index (χ1v) is 14.5. The summed E-state index contributed by atoms with van der Waals surface area (Å²) in [5.41, 5.74) is 3.54. The minimum atomic E-state index is -1.67. The van der Waals surface area contributed by atoms with Crippen molar-refractivity contribution < 1.29 is 19.1 Å². The topological polar surface area (TPSA) is 111 Å². The van der Waals surface area contributed by atoms with Crippen molar-refractivity contribution in [3.05, 3.63) is 118 Å². The normalized spacial score (nSPS) is 20.0. The van der Waals surface area contributed by atoms with Gasteiger partial charge in [0.1, 0.15) is 0 Å². The fraction of sp³-hybridized carbons (Fsp3) is 0.258. The zero-order valence-corrected chi connectivity index (χ0v) is 24.2. The van der Waals surface area contributed by atoms with Crippen LogP contribution in [0.3, 0.4) is 0 Å². The molecule has 1 aromatic heterocycles. The van der Waals surface area contributed by atoms with Crippen molar-refractivity contribution in [1.29, 1.82) is 0 Å². The molecule has 4 aromatic rings. The third-order valence-electron chi connectivity index (χ3n) is 7.59. The smallest absolute Gasteiger partial charge is 0.287 e. The van der Waals surface area contributed by atoms with Gasteiger partial charge in [0.05, 0.1) is 6.61 Å². The maximum atomic E-state index is 14.2. The van der Waals surface area contributed by atoms with E-state index < -0.39 is 23.8 Å². The van der Waals surface area contributed by atoms with E-state index in [9.17, 15) is 9.59 Å². The maximum Gasteiger partial charge on any atom is 0.287 e. The molecule has 1 unspecified atom stereocenters. The summed E-state index contributed by atoms with van der Waals surface area (Å²) >= 11 is 1.47. The number of aromatic nitrogens is 4. The van der Waals surface area contributed by atoms with Crippen molar-refractivity contribution >= 4 is 23.6 Å². The Kier molecular flexibility index (Phi) is 7.63. The molecule has 0 bridgehead atoms. The average Bonchev–Trinajstić information content (AvgIpc) is 3.44. The van der Waals surface area contributed by atoms with E-state index in [-0.39, 0.29) is 12.5 Å². The Morgan fingerprint density at radius 3 is 2.29 bits per heavy atom. The van der Waals surface area contributed by atoms with Crippen molar-refractivity contribution in [3.8, 4) is 0 Å². The molecule has 3 aromatic carbocycles. The highest BCUT2D eigenvalue weighted by Gasteiger charge is 2.67. The van der Waals surface area contributed by atoms with E-state index in [0.29, 0.717) is 16.5 Å². The molecule has 11 heteroatoms. The molecule has 214 valence electrons. The van der Waals surface area contributed by atoms with Gasteiger partial charge in [-0.25, -0.2) is 4.68 Å². The standard InChI is InChI=1S/C31H30N6O4S/c1-20-14-16-23(17-15-20)27(38)32-31(40-3)28(39)37-26(24(18-41-29(31)37)19-42-30-33-34-35-36(30)2)25(21-10-6-4-7-11-21)22-12-8-5-9-13-22/h4-17,25,29H,18-19H2,1-3H3,(H,32,38)/t29?,31-/m0/s1. The summed E-state index contributed by atoms with van der Waals surface area (Å²) in [6.07, 6.45) is -0.862. The molecule has 42 heavy (non-hydrogen) atoms. The lowest BCUT2D eigenvalue weighted by molar-refractivity contribution is -0.255. The quantitative estimate of drug-likeness (QED) is 0.181. The second kappa shape index (κ2) is 11.5. The highest BCUT2D eigenvalue weighted by molar-refractivity contribution is 7.99. The Labute approximate surface area is 247 Å². The van der Waals surface area contributed by atoms with Crippen LogP contribution in [0, 0.1) is 6.92 Å². The molecule has 1 fully saturated rings. The van der Waals surface area contributed by atoms with Gasteiger partial charge in [0.2, 0.25) is 5.16 Å². The van der Waals surface area contributed by atoms with Gasteiger partial charge in [-0.1, -0.05) is 90.1 Å². The number of allylic oxidation sites excluding steroid dienone is 1. The van der Waals surface area contributed by atoms with Crippen LogP contribution in [0.25, 0.3) is 0 Å². The zero-order chi connectivity index (χ0) is 29.3. The number of aryl methyl sites for hydroxylation is 2. The average molecular weight is 583 g/mol. The van der Waals surface area contributed by atoms with Crippen molar-refractivity contribution in [1.82, 2.24) is 30.4 Å². The molecule has 3 heterocycles. The SMILES string of the molecule is CO[C@@]1(NC(=O)c2ccc(C)cc2)C(=O)N2C(C(c3ccccc3)c3ccccc3)=C(CSc3nnnn3C)COC21. The summed E-state index contributed by atoms with van der Waals surface area (Å²) in [6, 6.07) is 27.2. The van der Waals surface area contributed by atoms with Crippen molar-refractivity contribution in [3.63, 3.8) is 0 Å². The number of carbonyl (C=O) groups is 2. The number of hydrogen-bond donors (Lipinski definition) is 1. The van der Waals surface area contributed by atoms with Gasteiger partial charge in [-0.05, 0) is 46.2 Å². The molecule has 2 amide bonds. The Balaban J connectivity index is 1.41. The van der Waals surface area contributed by atoms with Crippen LogP contribution in [0.15, 0.2) is 101 Å². The Bertz CT molecular complexity index is 1590. The zero-order valence-electron chi connectivity index (χ0n) is 23.4. The van der Waals surface area contributed by atoms with Crippen LogP contribution in [0.4, 0.5) is 0 Å². The van der Waals surface area contributed by atoms with Gasteiger partial charge in [0.15, 0.2) is 6.23 Å². The number of nitrogens with one attached hydrogen (secondary N) is 1. The first-order valence-electron chi connectivity index (χ1n) is 13.5. The molecular formula is C31H30N6O4S. The number of thioether (sulfide) groups is 1. The molecule has 6 rings (SSSR count). The molecule has 2 aliphatic rings. The van der Waals surface area contributed by atoms with E-state index in [4.69, 9.17) is 9.47 Å². The van der Waals surface area contributed by atoms with Crippen LogP contribution < -0.4 is 5.32 Å². The summed E-state index contributed by atoms with van der Waals surface area (Å²) in [6.45, 7) is 2.17. The van der Waals surface area contributed by atoms with Crippen LogP contribution >= 0.6 is 11.8 Å². The van der Waals surface area contributed by atoms with Crippen molar-refractivity contribution in [2.24, 2.45) is 7.05 Å². The molecule has 10 nitrogen and oxygen atoms in total. The summed E-state index contributed by atoms with van der Waals surface area (Å²) in [7, 11) is 3.19. The van der Waals surface area contributed by atoms with Gasteiger partial charge >= 0.3 is 0 Å². The number of fused-ring (bicyclic) bond motifs is 1.